The fraction of sp³-hybridized carbons (Fsp3) is 0.538. The Morgan fingerprint density at radius 3 is 2.80 bits per heavy atom. The predicted molar refractivity (Wildman–Crippen MR) is 68.3 cm³/mol. The van der Waals surface area contributed by atoms with Crippen LogP contribution in [0.1, 0.15) is 18.4 Å². The van der Waals surface area contributed by atoms with Crippen molar-refractivity contribution in [2.45, 2.75) is 19.4 Å². The summed E-state index contributed by atoms with van der Waals surface area (Å²) >= 11 is 4.31. The number of hydrogen-bond donors (Lipinski definition) is 1. The Balaban J connectivity index is 1.82. The summed E-state index contributed by atoms with van der Waals surface area (Å²) in [5.41, 5.74) is 1.43. The monoisotopic (exact) mass is 221 g/mol. The third-order valence-electron chi connectivity index (χ3n) is 3.16. The minimum absolute atomic E-state index is 0.881. The number of thiol groups is 1. The van der Waals surface area contributed by atoms with E-state index in [1.807, 2.05) is 0 Å². The molecule has 0 spiro atoms. The van der Waals surface area contributed by atoms with Crippen LogP contribution in [0, 0.1) is 5.92 Å². The van der Waals surface area contributed by atoms with E-state index in [0.29, 0.717) is 0 Å². The second-order valence-corrected chi connectivity index (χ2v) is 4.83. The molecule has 1 aromatic carbocycles. The van der Waals surface area contributed by atoms with Gasteiger partial charge in [0.15, 0.2) is 0 Å². The predicted octanol–water partition coefficient (Wildman–Crippen LogP) is 2.83. The normalized spacial score (nSPS) is 22.1. The van der Waals surface area contributed by atoms with Gasteiger partial charge in [0, 0.05) is 13.1 Å². The molecular formula is C13H19NS. The van der Waals surface area contributed by atoms with E-state index in [4.69, 9.17) is 0 Å². The zero-order valence-electron chi connectivity index (χ0n) is 9.10. The molecule has 0 saturated carbocycles. The van der Waals surface area contributed by atoms with Crippen molar-refractivity contribution < 1.29 is 0 Å². The lowest BCUT2D eigenvalue weighted by Gasteiger charge is -2.15. The summed E-state index contributed by atoms with van der Waals surface area (Å²) < 4.78 is 0. The number of rotatable bonds is 4. The van der Waals surface area contributed by atoms with Gasteiger partial charge in [0.25, 0.3) is 0 Å². The topological polar surface area (TPSA) is 3.24 Å². The van der Waals surface area contributed by atoms with Crippen LogP contribution in [0.4, 0.5) is 0 Å². The first-order chi connectivity index (χ1) is 7.38. The van der Waals surface area contributed by atoms with Gasteiger partial charge in [0.1, 0.15) is 0 Å². The molecule has 0 N–H and O–H groups in total. The molecular weight excluding hydrogens is 202 g/mol. The van der Waals surface area contributed by atoms with Crippen LogP contribution in [0.15, 0.2) is 30.3 Å². The quantitative estimate of drug-likeness (QED) is 0.765. The standard InChI is InChI=1S/C13H19NS/c15-9-7-13-6-8-14(11-13)10-12-4-2-1-3-5-12/h1-5,13,15H,6-11H2. The number of benzene rings is 1. The first-order valence-electron chi connectivity index (χ1n) is 5.75. The first-order valence-corrected chi connectivity index (χ1v) is 6.39. The lowest BCUT2D eigenvalue weighted by molar-refractivity contribution is 0.315. The fourth-order valence-corrected chi connectivity index (χ4v) is 2.68. The Bertz CT molecular complexity index is 286. The van der Waals surface area contributed by atoms with Crippen molar-refractivity contribution in [3.63, 3.8) is 0 Å². The van der Waals surface area contributed by atoms with Gasteiger partial charge in [-0.15, -0.1) is 0 Å². The molecule has 1 aromatic rings. The lowest BCUT2D eigenvalue weighted by atomic mass is 10.1. The molecule has 2 rings (SSSR count). The highest BCUT2D eigenvalue weighted by Gasteiger charge is 2.21. The van der Waals surface area contributed by atoms with Gasteiger partial charge in [-0.05, 0) is 36.6 Å². The summed E-state index contributed by atoms with van der Waals surface area (Å²) in [6.07, 6.45) is 2.63. The van der Waals surface area contributed by atoms with Gasteiger partial charge in [-0.3, -0.25) is 4.90 Å². The molecule has 1 unspecified atom stereocenters. The largest absolute Gasteiger partial charge is 0.299 e. The summed E-state index contributed by atoms with van der Waals surface area (Å²) in [5, 5.41) is 0. The van der Waals surface area contributed by atoms with E-state index in [1.165, 1.54) is 31.5 Å². The van der Waals surface area contributed by atoms with Crippen molar-refractivity contribution in [3.05, 3.63) is 35.9 Å². The maximum absolute atomic E-state index is 4.31. The van der Waals surface area contributed by atoms with Crippen LogP contribution in [0.2, 0.25) is 0 Å². The van der Waals surface area contributed by atoms with Gasteiger partial charge in [0.05, 0.1) is 0 Å². The second kappa shape index (κ2) is 5.57. The molecule has 1 saturated heterocycles. The van der Waals surface area contributed by atoms with Gasteiger partial charge in [0.2, 0.25) is 0 Å². The SMILES string of the molecule is SCCC1CCN(Cc2ccccc2)C1. The molecule has 0 radical (unpaired) electrons. The minimum Gasteiger partial charge on any atom is -0.299 e. The highest BCUT2D eigenvalue weighted by molar-refractivity contribution is 7.80. The van der Waals surface area contributed by atoms with Crippen LogP contribution in [-0.4, -0.2) is 23.7 Å². The van der Waals surface area contributed by atoms with Crippen LogP contribution in [-0.2, 0) is 6.54 Å². The van der Waals surface area contributed by atoms with E-state index in [9.17, 15) is 0 Å². The molecule has 1 heterocycles. The van der Waals surface area contributed by atoms with E-state index in [0.717, 1.165) is 18.2 Å². The average Bonchev–Trinajstić information content (AvgIpc) is 2.68. The Hall–Kier alpha value is -0.470. The molecule has 0 aliphatic carbocycles. The zero-order chi connectivity index (χ0) is 10.5. The van der Waals surface area contributed by atoms with Crippen LogP contribution in [0.5, 0.6) is 0 Å². The van der Waals surface area contributed by atoms with Crippen molar-refractivity contribution >= 4 is 12.6 Å². The molecule has 1 fully saturated rings. The highest BCUT2D eigenvalue weighted by Crippen LogP contribution is 2.21. The lowest BCUT2D eigenvalue weighted by Crippen LogP contribution is -2.20. The van der Waals surface area contributed by atoms with Gasteiger partial charge in [-0.2, -0.15) is 12.6 Å². The van der Waals surface area contributed by atoms with Crippen LogP contribution in [0.3, 0.4) is 0 Å². The van der Waals surface area contributed by atoms with Gasteiger partial charge in [-0.25, -0.2) is 0 Å². The molecule has 82 valence electrons. The molecule has 1 aliphatic heterocycles. The maximum Gasteiger partial charge on any atom is 0.0233 e. The number of likely N-dealkylation sites (tertiary alicyclic amines) is 1. The van der Waals surface area contributed by atoms with Gasteiger partial charge >= 0.3 is 0 Å². The van der Waals surface area contributed by atoms with Crippen LogP contribution >= 0.6 is 12.6 Å². The first kappa shape index (κ1) is 11.0. The summed E-state index contributed by atoms with van der Waals surface area (Å²) in [4.78, 5) is 2.56. The van der Waals surface area contributed by atoms with E-state index >= 15 is 0 Å². The van der Waals surface area contributed by atoms with Crippen LogP contribution < -0.4 is 0 Å². The number of hydrogen-bond acceptors (Lipinski definition) is 2. The van der Waals surface area contributed by atoms with Gasteiger partial charge < -0.3 is 0 Å². The third-order valence-corrected chi connectivity index (χ3v) is 3.41. The van der Waals surface area contributed by atoms with Crippen molar-refractivity contribution in [3.8, 4) is 0 Å². The maximum atomic E-state index is 4.31. The average molecular weight is 221 g/mol. The Kier molecular flexibility index (Phi) is 4.09. The van der Waals surface area contributed by atoms with E-state index in [1.54, 1.807) is 0 Å². The Morgan fingerprint density at radius 2 is 2.07 bits per heavy atom. The summed E-state index contributed by atoms with van der Waals surface area (Å²) in [7, 11) is 0. The van der Waals surface area contributed by atoms with Crippen molar-refractivity contribution in [2.75, 3.05) is 18.8 Å². The Labute approximate surface area is 97.9 Å². The highest BCUT2D eigenvalue weighted by atomic mass is 32.1. The molecule has 1 nitrogen and oxygen atoms in total. The smallest absolute Gasteiger partial charge is 0.0233 e. The molecule has 1 atom stereocenters. The third kappa shape index (κ3) is 3.25. The molecule has 1 aliphatic rings. The van der Waals surface area contributed by atoms with E-state index in [-0.39, 0.29) is 0 Å². The van der Waals surface area contributed by atoms with E-state index in [2.05, 4.69) is 47.9 Å². The molecule has 15 heavy (non-hydrogen) atoms. The van der Waals surface area contributed by atoms with Gasteiger partial charge in [-0.1, -0.05) is 30.3 Å². The summed E-state index contributed by atoms with van der Waals surface area (Å²) in [6, 6.07) is 10.8. The molecule has 0 bridgehead atoms. The molecule has 0 amide bonds. The molecule has 2 heteroatoms. The van der Waals surface area contributed by atoms with Crippen LogP contribution in [0.25, 0.3) is 0 Å². The van der Waals surface area contributed by atoms with E-state index < -0.39 is 0 Å². The molecule has 0 aromatic heterocycles. The number of nitrogens with zero attached hydrogens (tertiary/aromatic N) is 1. The second-order valence-electron chi connectivity index (χ2n) is 4.39. The van der Waals surface area contributed by atoms with Crippen molar-refractivity contribution in [2.24, 2.45) is 5.92 Å². The fourth-order valence-electron chi connectivity index (χ4n) is 2.32. The summed E-state index contributed by atoms with van der Waals surface area (Å²) in [6.45, 7) is 3.63. The Morgan fingerprint density at radius 1 is 1.27 bits per heavy atom. The zero-order valence-corrected chi connectivity index (χ0v) is 10.00. The minimum atomic E-state index is 0.881. The summed E-state index contributed by atoms with van der Waals surface area (Å²) in [5.74, 6) is 1.91. The van der Waals surface area contributed by atoms with Crippen molar-refractivity contribution in [1.29, 1.82) is 0 Å². The van der Waals surface area contributed by atoms with Crippen molar-refractivity contribution in [1.82, 2.24) is 4.90 Å².